The van der Waals surface area contributed by atoms with Gasteiger partial charge in [0.15, 0.2) is 0 Å². The minimum atomic E-state index is -0.470. The molecule has 5 heteroatoms. The number of benzene rings is 2. The van der Waals surface area contributed by atoms with Gasteiger partial charge in [-0.2, -0.15) is 0 Å². The monoisotopic (exact) mass is 345 g/mol. The zero-order valence-corrected chi connectivity index (χ0v) is 13.9. The van der Waals surface area contributed by atoms with Gasteiger partial charge in [0.25, 0.3) is 0 Å². The van der Waals surface area contributed by atoms with E-state index < -0.39 is 5.82 Å². The molecule has 2 aromatic carbocycles. The number of rotatable bonds is 5. The van der Waals surface area contributed by atoms with Crippen LogP contribution in [0, 0.1) is 5.82 Å². The highest BCUT2D eigenvalue weighted by Crippen LogP contribution is 2.21. The Kier molecular flexibility index (Phi) is 4.86. The van der Waals surface area contributed by atoms with Crippen LogP contribution in [0.25, 0.3) is 11.0 Å². The lowest BCUT2D eigenvalue weighted by Gasteiger charge is -2.13. The Balaban J connectivity index is 1.62. The van der Waals surface area contributed by atoms with Gasteiger partial charge in [-0.05, 0) is 31.2 Å². The Bertz CT molecular complexity index is 821. The Hall–Kier alpha value is -2.33. The van der Waals surface area contributed by atoms with Crippen molar-refractivity contribution in [2.45, 2.75) is 25.8 Å². The molecule has 0 radical (unpaired) electrons. The van der Waals surface area contributed by atoms with Crippen LogP contribution in [-0.4, -0.2) is 11.9 Å². The fraction of sp³-hybridized carbons (Fsp3) is 0.211. The quantitative estimate of drug-likeness (QED) is 0.739. The molecular weight excluding hydrogens is 329 g/mol. The van der Waals surface area contributed by atoms with Gasteiger partial charge in [0.05, 0.1) is 6.42 Å². The van der Waals surface area contributed by atoms with E-state index in [2.05, 4.69) is 5.32 Å². The van der Waals surface area contributed by atoms with E-state index in [1.54, 1.807) is 6.07 Å². The fourth-order valence-electron chi connectivity index (χ4n) is 2.68. The number of nitrogens with one attached hydrogen (secondary N) is 1. The van der Waals surface area contributed by atoms with E-state index in [1.165, 1.54) is 12.1 Å². The topological polar surface area (TPSA) is 42.2 Å². The summed E-state index contributed by atoms with van der Waals surface area (Å²) >= 11 is 5.95. The summed E-state index contributed by atoms with van der Waals surface area (Å²) in [7, 11) is 0. The van der Waals surface area contributed by atoms with Gasteiger partial charge in [0.1, 0.15) is 17.2 Å². The molecule has 0 aliphatic rings. The average molecular weight is 346 g/mol. The Morgan fingerprint density at radius 3 is 2.79 bits per heavy atom. The van der Waals surface area contributed by atoms with Crippen LogP contribution in [0.4, 0.5) is 4.39 Å². The van der Waals surface area contributed by atoms with Crippen molar-refractivity contribution >= 4 is 28.5 Å². The predicted octanol–water partition coefficient (Wildman–Crippen LogP) is 4.52. The number of para-hydroxylation sites is 1. The van der Waals surface area contributed by atoms with Crippen LogP contribution in [0.5, 0.6) is 0 Å². The van der Waals surface area contributed by atoms with Gasteiger partial charge in [-0.3, -0.25) is 4.79 Å². The van der Waals surface area contributed by atoms with Gasteiger partial charge in [-0.15, -0.1) is 0 Å². The van der Waals surface area contributed by atoms with Gasteiger partial charge in [-0.1, -0.05) is 35.9 Å². The molecule has 24 heavy (non-hydrogen) atoms. The first-order valence-electron chi connectivity index (χ1n) is 7.72. The highest BCUT2D eigenvalue weighted by molar-refractivity contribution is 6.31. The van der Waals surface area contributed by atoms with Crippen LogP contribution in [0.2, 0.25) is 5.02 Å². The first-order valence-corrected chi connectivity index (χ1v) is 8.10. The van der Waals surface area contributed by atoms with Gasteiger partial charge < -0.3 is 9.73 Å². The molecule has 0 bridgehead atoms. The van der Waals surface area contributed by atoms with Crippen LogP contribution in [0.1, 0.15) is 18.2 Å². The SMILES string of the molecule is C[C@@H](Cc1cc2ccccc2o1)NC(=O)Cc1c(F)cccc1Cl. The number of fused-ring (bicyclic) bond motifs is 1. The van der Waals surface area contributed by atoms with Crippen molar-refractivity contribution in [3.8, 4) is 0 Å². The minimum absolute atomic E-state index is 0.0873. The van der Waals surface area contributed by atoms with E-state index in [-0.39, 0.29) is 29.0 Å². The highest BCUT2D eigenvalue weighted by atomic mass is 35.5. The van der Waals surface area contributed by atoms with Crippen molar-refractivity contribution in [1.29, 1.82) is 0 Å². The zero-order valence-electron chi connectivity index (χ0n) is 13.2. The summed E-state index contributed by atoms with van der Waals surface area (Å²) in [4.78, 5) is 12.1. The molecule has 0 fully saturated rings. The molecule has 1 atom stereocenters. The maximum Gasteiger partial charge on any atom is 0.224 e. The molecular formula is C19H17ClFNO2. The highest BCUT2D eigenvalue weighted by Gasteiger charge is 2.15. The average Bonchev–Trinajstić information content (AvgIpc) is 2.93. The van der Waals surface area contributed by atoms with E-state index in [4.69, 9.17) is 16.0 Å². The zero-order chi connectivity index (χ0) is 17.1. The molecule has 0 spiro atoms. The summed E-state index contributed by atoms with van der Waals surface area (Å²) < 4.78 is 19.5. The molecule has 0 saturated carbocycles. The van der Waals surface area contributed by atoms with Crippen molar-refractivity contribution in [2.75, 3.05) is 0 Å². The second-order valence-corrected chi connectivity index (χ2v) is 6.21. The van der Waals surface area contributed by atoms with Crippen molar-refractivity contribution in [3.05, 3.63) is 70.7 Å². The Morgan fingerprint density at radius 1 is 1.25 bits per heavy atom. The van der Waals surface area contributed by atoms with E-state index in [0.29, 0.717) is 6.42 Å². The normalized spacial score (nSPS) is 12.3. The van der Waals surface area contributed by atoms with E-state index in [9.17, 15) is 9.18 Å². The first kappa shape index (κ1) is 16.5. The Morgan fingerprint density at radius 2 is 2.04 bits per heavy atom. The third kappa shape index (κ3) is 3.77. The molecule has 1 amide bonds. The van der Waals surface area contributed by atoms with Crippen LogP contribution >= 0.6 is 11.6 Å². The summed E-state index contributed by atoms with van der Waals surface area (Å²) in [6.45, 7) is 1.88. The molecule has 3 nitrogen and oxygen atoms in total. The molecule has 1 aromatic heterocycles. The largest absolute Gasteiger partial charge is 0.461 e. The maximum absolute atomic E-state index is 13.7. The number of carbonyl (C=O) groups is 1. The molecule has 1 heterocycles. The molecule has 0 aliphatic heterocycles. The number of furan rings is 1. The molecule has 0 aliphatic carbocycles. The van der Waals surface area contributed by atoms with Crippen LogP contribution in [0.3, 0.4) is 0 Å². The smallest absolute Gasteiger partial charge is 0.224 e. The lowest BCUT2D eigenvalue weighted by Crippen LogP contribution is -2.35. The number of halogens is 2. The molecule has 124 valence electrons. The van der Waals surface area contributed by atoms with E-state index >= 15 is 0 Å². The summed E-state index contributed by atoms with van der Waals surface area (Å²) in [5, 5.41) is 4.14. The molecule has 1 N–H and O–H groups in total. The van der Waals surface area contributed by atoms with Crippen LogP contribution in [-0.2, 0) is 17.6 Å². The third-order valence-corrected chi connectivity index (χ3v) is 4.14. The standard InChI is InChI=1S/C19H17ClFNO2/c1-12(9-14-10-13-5-2-3-8-18(13)24-14)22-19(23)11-15-16(20)6-4-7-17(15)21/h2-8,10,12H,9,11H2,1H3,(H,22,23)/t12-/m0/s1. The molecule has 3 aromatic rings. The minimum Gasteiger partial charge on any atom is -0.461 e. The molecule has 0 unspecified atom stereocenters. The maximum atomic E-state index is 13.7. The number of hydrogen-bond acceptors (Lipinski definition) is 2. The summed E-state index contributed by atoms with van der Waals surface area (Å²) in [5.74, 6) is 0.0566. The number of hydrogen-bond donors (Lipinski definition) is 1. The van der Waals surface area contributed by atoms with Crippen molar-refractivity contribution in [1.82, 2.24) is 5.32 Å². The third-order valence-electron chi connectivity index (χ3n) is 3.79. The lowest BCUT2D eigenvalue weighted by molar-refractivity contribution is -0.121. The van der Waals surface area contributed by atoms with Gasteiger partial charge >= 0.3 is 0 Å². The molecule has 3 rings (SSSR count). The van der Waals surface area contributed by atoms with Gasteiger partial charge in [-0.25, -0.2) is 4.39 Å². The van der Waals surface area contributed by atoms with E-state index in [1.807, 2.05) is 37.3 Å². The second-order valence-electron chi connectivity index (χ2n) is 5.80. The van der Waals surface area contributed by atoms with Crippen molar-refractivity contribution in [3.63, 3.8) is 0 Å². The lowest BCUT2D eigenvalue weighted by atomic mass is 10.1. The van der Waals surface area contributed by atoms with Crippen LogP contribution in [0.15, 0.2) is 52.9 Å². The summed E-state index contributed by atoms with van der Waals surface area (Å²) in [6.07, 6.45) is 0.474. The fourth-order valence-corrected chi connectivity index (χ4v) is 2.91. The van der Waals surface area contributed by atoms with Crippen LogP contribution < -0.4 is 5.32 Å². The van der Waals surface area contributed by atoms with Crippen molar-refractivity contribution < 1.29 is 13.6 Å². The predicted molar refractivity (Wildman–Crippen MR) is 92.6 cm³/mol. The van der Waals surface area contributed by atoms with Gasteiger partial charge in [0.2, 0.25) is 5.91 Å². The molecule has 0 saturated heterocycles. The second kappa shape index (κ2) is 7.05. The number of carbonyl (C=O) groups excluding carboxylic acids is 1. The Labute approximate surface area is 144 Å². The first-order chi connectivity index (χ1) is 11.5. The summed E-state index contributed by atoms with van der Waals surface area (Å²) in [6, 6.07) is 14.0. The van der Waals surface area contributed by atoms with E-state index in [0.717, 1.165) is 16.7 Å². The van der Waals surface area contributed by atoms with Crippen molar-refractivity contribution in [2.24, 2.45) is 0 Å². The van der Waals surface area contributed by atoms with Gasteiger partial charge in [0, 0.05) is 28.4 Å². The summed E-state index contributed by atoms with van der Waals surface area (Å²) in [5.41, 5.74) is 1.04. The number of amides is 1.